The maximum Gasteiger partial charge on any atom is 0.257 e. The number of rotatable bonds is 6. The summed E-state index contributed by atoms with van der Waals surface area (Å²) < 4.78 is 6.02. The maximum atomic E-state index is 13.5. The minimum atomic E-state index is -0.888. The molecule has 0 N–H and O–H groups in total. The fourth-order valence-electron chi connectivity index (χ4n) is 3.72. The molecule has 0 bridgehead atoms. The fourth-order valence-corrected chi connectivity index (χ4v) is 3.99. The average molecular weight is 493 g/mol. The number of ether oxygens (including phenoxy) is 1. The van der Waals surface area contributed by atoms with Crippen LogP contribution in [-0.4, -0.2) is 35.8 Å². The predicted molar refractivity (Wildman–Crippen MR) is 124 cm³/mol. The zero-order valence-corrected chi connectivity index (χ0v) is 19.0. The summed E-state index contributed by atoms with van der Waals surface area (Å²) in [4.78, 5) is 42.3. The Morgan fingerprint density at radius 1 is 1.00 bits per heavy atom. The summed E-state index contributed by atoms with van der Waals surface area (Å²) in [5.74, 6) is -0.428. The number of benzene rings is 3. The van der Waals surface area contributed by atoms with Crippen LogP contribution in [0, 0.1) is 0 Å². The van der Waals surface area contributed by atoms with E-state index in [0.29, 0.717) is 17.0 Å². The zero-order valence-electron chi connectivity index (χ0n) is 17.4. The van der Waals surface area contributed by atoms with E-state index in [-0.39, 0.29) is 24.8 Å². The molecule has 4 rings (SSSR count). The lowest BCUT2D eigenvalue weighted by Gasteiger charge is -2.28. The third-order valence-corrected chi connectivity index (χ3v) is 5.91. The number of methoxy groups -OCH3 is 1. The number of imide groups is 1. The lowest BCUT2D eigenvalue weighted by atomic mass is 10.1. The summed E-state index contributed by atoms with van der Waals surface area (Å²) in [5.41, 5.74) is 1.78. The van der Waals surface area contributed by atoms with Crippen LogP contribution in [-0.2, 0) is 16.1 Å². The van der Waals surface area contributed by atoms with Crippen molar-refractivity contribution in [2.24, 2.45) is 0 Å². The highest BCUT2D eigenvalue weighted by atomic mass is 79.9. The molecular weight excluding hydrogens is 472 g/mol. The van der Waals surface area contributed by atoms with Crippen molar-refractivity contribution in [3.63, 3.8) is 0 Å². The minimum absolute atomic E-state index is 0.0658. The number of carbonyl (C=O) groups is 3. The smallest absolute Gasteiger partial charge is 0.257 e. The summed E-state index contributed by atoms with van der Waals surface area (Å²) in [7, 11) is 1.55. The van der Waals surface area contributed by atoms with E-state index >= 15 is 0 Å². The molecule has 1 aliphatic rings. The van der Waals surface area contributed by atoms with Crippen molar-refractivity contribution in [1.29, 1.82) is 0 Å². The van der Waals surface area contributed by atoms with Gasteiger partial charge in [0.25, 0.3) is 11.8 Å². The van der Waals surface area contributed by atoms with E-state index in [9.17, 15) is 14.4 Å². The Morgan fingerprint density at radius 2 is 1.66 bits per heavy atom. The van der Waals surface area contributed by atoms with Gasteiger partial charge in [-0.05, 0) is 54.1 Å². The van der Waals surface area contributed by atoms with E-state index in [1.165, 1.54) is 4.90 Å². The van der Waals surface area contributed by atoms with Gasteiger partial charge in [-0.3, -0.25) is 14.4 Å². The molecule has 1 fully saturated rings. The SMILES string of the molecule is COc1ccc(C(=O)N(Cc2ccccc2)C2CC(=O)N(c3ccc(Br)cc3)C2=O)cc1. The van der Waals surface area contributed by atoms with Crippen molar-refractivity contribution in [1.82, 2.24) is 4.90 Å². The Kier molecular flexibility index (Phi) is 6.37. The van der Waals surface area contributed by atoms with Crippen LogP contribution in [0.4, 0.5) is 5.69 Å². The van der Waals surface area contributed by atoms with Gasteiger partial charge in [-0.1, -0.05) is 46.3 Å². The number of nitrogens with zero attached hydrogens (tertiary/aromatic N) is 2. The topological polar surface area (TPSA) is 66.9 Å². The van der Waals surface area contributed by atoms with Crippen molar-refractivity contribution in [3.05, 3.63) is 94.5 Å². The second-order valence-corrected chi connectivity index (χ2v) is 8.33. The first kappa shape index (κ1) is 21.8. The summed E-state index contributed by atoms with van der Waals surface area (Å²) in [6.45, 7) is 0.212. The number of carbonyl (C=O) groups excluding carboxylic acids is 3. The van der Waals surface area contributed by atoms with Gasteiger partial charge < -0.3 is 9.64 Å². The second-order valence-electron chi connectivity index (χ2n) is 7.41. The van der Waals surface area contributed by atoms with Crippen LogP contribution >= 0.6 is 15.9 Å². The highest BCUT2D eigenvalue weighted by Crippen LogP contribution is 2.29. The monoisotopic (exact) mass is 492 g/mol. The largest absolute Gasteiger partial charge is 0.497 e. The van der Waals surface area contributed by atoms with Crippen molar-refractivity contribution in [3.8, 4) is 5.75 Å². The summed E-state index contributed by atoms with van der Waals surface area (Å²) in [6.07, 6.45) is -0.0658. The van der Waals surface area contributed by atoms with Gasteiger partial charge in [0.1, 0.15) is 11.8 Å². The summed E-state index contributed by atoms with van der Waals surface area (Å²) in [6, 6.07) is 22.2. The Bertz CT molecular complexity index is 1130. The normalized spacial score (nSPS) is 15.7. The van der Waals surface area contributed by atoms with E-state index < -0.39 is 11.9 Å². The first-order valence-electron chi connectivity index (χ1n) is 10.1. The molecule has 1 heterocycles. The van der Waals surface area contributed by atoms with Crippen LogP contribution in [0.3, 0.4) is 0 Å². The molecule has 32 heavy (non-hydrogen) atoms. The zero-order chi connectivity index (χ0) is 22.7. The van der Waals surface area contributed by atoms with Crippen LogP contribution in [0.5, 0.6) is 5.75 Å². The molecule has 0 radical (unpaired) electrons. The lowest BCUT2D eigenvalue weighted by Crippen LogP contribution is -2.45. The third kappa shape index (κ3) is 4.43. The van der Waals surface area contributed by atoms with Gasteiger partial charge in [0.15, 0.2) is 0 Å². The van der Waals surface area contributed by atoms with Gasteiger partial charge in [-0.25, -0.2) is 4.90 Å². The van der Waals surface area contributed by atoms with Gasteiger partial charge in [-0.15, -0.1) is 0 Å². The van der Waals surface area contributed by atoms with Gasteiger partial charge in [-0.2, -0.15) is 0 Å². The second kappa shape index (κ2) is 9.36. The van der Waals surface area contributed by atoms with Crippen LogP contribution in [0.1, 0.15) is 22.3 Å². The van der Waals surface area contributed by atoms with Crippen molar-refractivity contribution < 1.29 is 19.1 Å². The third-order valence-electron chi connectivity index (χ3n) is 5.38. The highest BCUT2D eigenvalue weighted by Gasteiger charge is 2.44. The van der Waals surface area contributed by atoms with E-state index in [1.807, 2.05) is 30.3 Å². The molecule has 0 spiro atoms. The average Bonchev–Trinajstić information content (AvgIpc) is 3.12. The summed E-state index contributed by atoms with van der Waals surface area (Å²) >= 11 is 3.36. The van der Waals surface area contributed by atoms with Crippen LogP contribution in [0.2, 0.25) is 0 Å². The number of hydrogen-bond donors (Lipinski definition) is 0. The Morgan fingerprint density at radius 3 is 2.28 bits per heavy atom. The Hall–Kier alpha value is -3.45. The first-order chi connectivity index (χ1) is 15.5. The molecule has 1 aliphatic heterocycles. The molecule has 1 saturated heterocycles. The van der Waals surface area contributed by atoms with E-state index in [2.05, 4.69) is 15.9 Å². The molecule has 0 aromatic heterocycles. The van der Waals surface area contributed by atoms with Gasteiger partial charge in [0.05, 0.1) is 19.2 Å². The van der Waals surface area contributed by atoms with Crippen LogP contribution in [0.25, 0.3) is 0 Å². The molecule has 162 valence electrons. The molecule has 0 saturated carbocycles. The number of amides is 3. The Balaban J connectivity index is 1.67. The van der Waals surface area contributed by atoms with Crippen molar-refractivity contribution in [2.45, 2.75) is 19.0 Å². The molecule has 1 unspecified atom stereocenters. The van der Waals surface area contributed by atoms with E-state index in [4.69, 9.17) is 4.74 Å². The molecular formula is C25H21BrN2O4. The van der Waals surface area contributed by atoms with Gasteiger partial charge >= 0.3 is 0 Å². The fraction of sp³-hybridized carbons (Fsp3) is 0.160. The molecule has 3 amide bonds. The minimum Gasteiger partial charge on any atom is -0.497 e. The molecule has 6 nitrogen and oxygen atoms in total. The molecule has 0 aliphatic carbocycles. The number of anilines is 1. The maximum absolute atomic E-state index is 13.5. The van der Waals surface area contributed by atoms with Gasteiger partial charge in [0.2, 0.25) is 5.91 Å². The van der Waals surface area contributed by atoms with E-state index in [0.717, 1.165) is 14.9 Å². The lowest BCUT2D eigenvalue weighted by molar-refractivity contribution is -0.122. The highest BCUT2D eigenvalue weighted by molar-refractivity contribution is 9.10. The molecule has 7 heteroatoms. The Labute approximate surface area is 194 Å². The predicted octanol–water partition coefficient (Wildman–Crippen LogP) is 4.43. The van der Waals surface area contributed by atoms with Crippen molar-refractivity contribution in [2.75, 3.05) is 12.0 Å². The van der Waals surface area contributed by atoms with E-state index in [1.54, 1.807) is 55.6 Å². The standard InChI is InChI=1S/C25H21BrN2O4/c1-32-21-13-7-18(8-14-21)24(30)27(16-17-5-3-2-4-6-17)22-15-23(29)28(25(22)31)20-11-9-19(26)10-12-20/h2-14,22H,15-16H2,1H3. The summed E-state index contributed by atoms with van der Waals surface area (Å²) in [5, 5.41) is 0. The van der Waals surface area contributed by atoms with Gasteiger partial charge in [0, 0.05) is 16.6 Å². The molecule has 1 atom stereocenters. The number of halogens is 1. The molecule has 3 aromatic carbocycles. The number of hydrogen-bond acceptors (Lipinski definition) is 4. The molecule has 3 aromatic rings. The van der Waals surface area contributed by atoms with Crippen LogP contribution < -0.4 is 9.64 Å². The van der Waals surface area contributed by atoms with Crippen LogP contribution in [0.15, 0.2) is 83.3 Å². The first-order valence-corrected chi connectivity index (χ1v) is 10.9. The quantitative estimate of drug-likeness (QED) is 0.477. The van der Waals surface area contributed by atoms with Crippen molar-refractivity contribution >= 4 is 39.3 Å².